The number of benzene rings is 1. The zero-order valence-electron chi connectivity index (χ0n) is 13.9. The lowest BCUT2D eigenvalue weighted by Crippen LogP contribution is -2.33. The zero-order valence-corrected chi connectivity index (χ0v) is 13.9. The van der Waals surface area contributed by atoms with Crippen LogP contribution in [0, 0.1) is 13.8 Å². The van der Waals surface area contributed by atoms with Crippen molar-refractivity contribution in [2.75, 3.05) is 33.4 Å². The van der Waals surface area contributed by atoms with Crippen molar-refractivity contribution < 1.29 is 9.53 Å². The highest BCUT2D eigenvalue weighted by Crippen LogP contribution is 2.13. The van der Waals surface area contributed by atoms with Gasteiger partial charge in [-0.15, -0.1) is 0 Å². The van der Waals surface area contributed by atoms with Gasteiger partial charge in [0.15, 0.2) is 0 Å². The average Bonchev–Trinajstić information content (AvgIpc) is 2.89. The molecular weight excluding hydrogens is 292 g/mol. The maximum absolute atomic E-state index is 12.1. The molecule has 0 spiro atoms. The summed E-state index contributed by atoms with van der Waals surface area (Å²) in [6.45, 7) is 6.73. The molecule has 0 unspecified atom stereocenters. The Morgan fingerprint density at radius 1 is 1.17 bits per heavy atom. The van der Waals surface area contributed by atoms with E-state index in [0.29, 0.717) is 18.7 Å². The van der Waals surface area contributed by atoms with E-state index in [1.165, 1.54) is 0 Å². The summed E-state index contributed by atoms with van der Waals surface area (Å²) in [5, 5.41) is 10.5. The van der Waals surface area contributed by atoms with Gasteiger partial charge in [0.2, 0.25) is 0 Å². The van der Waals surface area contributed by atoms with Crippen molar-refractivity contribution in [3.05, 3.63) is 47.3 Å². The number of amides is 1. The fourth-order valence-electron chi connectivity index (χ4n) is 2.31. The van der Waals surface area contributed by atoms with Crippen LogP contribution >= 0.6 is 0 Å². The standard InChI is InChI=1S/C17H24N4O2/c1-13-12-14(2)21(20-13)16-6-4-15(5-7-16)17(22)19-9-8-18-10-11-23-3/h4-7,12,18H,8-11H2,1-3H3,(H,19,22). The molecule has 0 radical (unpaired) electrons. The third kappa shape index (κ3) is 4.91. The van der Waals surface area contributed by atoms with Crippen molar-refractivity contribution in [3.63, 3.8) is 0 Å². The highest BCUT2D eigenvalue weighted by molar-refractivity contribution is 5.94. The second-order valence-corrected chi connectivity index (χ2v) is 5.38. The maximum atomic E-state index is 12.1. The molecule has 1 aromatic heterocycles. The van der Waals surface area contributed by atoms with Gasteiger partial charge in [0.25, 0.3) is 5.91 Å². The number of hydrogen-bond donors (Lipinski definition) is 2. The predicted molar refractivity (Wildman–Crippen MR) is 90.1 cm³/mol. The van der Waals surface area contributed by atoms with Crippen molar-refractivity contribution in [1.82, 2.24) is 20.4 Å². The summed E-state index contributed by atoms with van der Waals surface area (Å²) < 4.78 is 6.81. The third-order valence-corrected chi connectivity index (χ3v) is 3.45. The Bertz CT molecular complexity index is 635. The molecule has 2 aromatic rings. The van der Waals surface area contributed by atoms with Crippen LogP contribution in [0.25, 0.3) is 5.69 Å². The van der Waals surface area contributed by atoms with Crippen LogP contribution in [0.4, 0.5) is 0 Å². The molecule has 0 atom stereocenters. The van der Waals surface area contributed by atoms with Gasteiger partial charge in [0, 0.05) is 38.0 Å². The maximum Gasteiger partial charge on any atom is 0.251 e. The number of aryl methyl sites for hydroxylation is 2. The summed E-state index contributed by atoms with van der Waals surface area (Å²) in [5.41, 5.74) is 3.65. The van der Waals surface area contributed by atoms with Crippen molar-refractivity contribution >= 4 is 5.91 Å². The van der Waals surface area contributed by atoms with Gasteiger partial charge in [0.05, 0.1) is 18.0 Å². The number of carbonyl (C=O) groups excluding carboxylic acids is 1. The van der Waals surface area contributed by atoms with Crippen molar-refractivity contribution in [3.8, 4) is 5.69 Å². The number of rotatable bonds is 8. The summed E-state index contributed by atoms with van der Waals surface area (Å²) >= 11 is 0. The Kier molecular flexibility index (Phi) is 6.31. The van der Waals surface area contributed by atoms with E-state index in [0.717, 1.165) is 30.2 Å². The van der Waals surface area contributed by atoms with Gasteiger partial charge < -0.3 is 15.4 Å². The van der Waals surface area contributed by atoms with Crippen LogP contribution in [0.2, 0.25) is 0 Å². The van der Waals surface area contributed by atoms with Crippen LogP contribution < -0.4 is 10.6 Å². The Labute approximate surface area is 136 Å². The molecule has 0 saturated carbocycles. The lowest BCUT2D eigenvalue weighted by atomic mass is 10.2. The topological polar surface area (TPSA) is 68.2 Å². The van der Waals surface area contributed by atoms with E-state index in [9.17, 15) is 4.79 Å². The molecule has 0 bridgehead atoms. The molecule has 124 valence electrons. The van der Waals surface area contributed by atoms with Gasteiger partial charge in [-0.1, -0.05) is 0 Å². The van der Waals surface area contributed by atoms with Crippen LogP contribution in [0.15, 0.2) is 30.3 Å². The molecule has 0 fully saturated rings. The van der Waals surface area contributed by atoms with Crippen molar-refractivity contribution in [2.45, 2.75) is 13.8 Å². The van der Waals surface area contributed by atoms with E-state index in [2.05, 4.69) is 15.7 Å². The molecule has 23 heavy (non-hydrogen) atoms. The molecule has 0 aliphatic rings. The second kappa shape index (κ2) is 8.45. The van der Waals surface area contributed by atoms with E-state index in [1.54, 1.807) is 7.11 Å². The first kappa shape index (κ1) is 17.2. The quantitative estimate of drug-likeness (QED) is 0.724. The molecule has 2 rings (SSSR count). The fourth-order valence-corrected chi connectivity index (χ4v) is 2.31. The summed E-state index contributed by atoms with van der Waals surface area (Å²) in [4.78, 5) is 12.1. The Morgan fingerprint density at radius 2 is 1.91 bits per heavy atom. The van der Waals surface area contributed by atoms with Gasteiger partial charge in [-0.3, -0.25) is 4.79 Å². The lowest BCUT2D eigenvalue weighted by molar-refractivity contribution is 0.0953. The van der Waals surface area contributed by atoms with Crippen molar-refractivity contribution in [2.24, 2.45) is 0 Å². The van der Waals surface area contributed by atoms with Crippen LogP contribution in [0.1, 0.15) is 21.7 Å². The highest BCUT2D eigenvalue weighted by Gasteiger charge is 2.07. The highest BCUT2D eigenvalue weighted by atomic mass is 16.5. The first-order valence-corrected chi connectivity index (χ1v) is 7.73. The Morgan fingerprint density at radius 3 is 2.52 bits per heavy atom. The second-order valence-electron chi connectivity index (χ2n) is 5.38. The monoisotopic (exact) mass is 316 g/mol. The zero-order chi connectivity index (χ0) is 16.7. The van der Waals surface area contributed by atoms with Gasteiger partial charge in [-0.25, -0.2) is 4.68 Å². The summed E-state index contributed by atoms with van der Waals surface area (Å²) in [6, 6.07) is 9.48. The number of hydrogen-bond acceptors (Lipinski definition) is 4. The first-order valence-electron chi connectivity index (χ1n) is 7.73. The largest absolute Gasteiger partial charge is 0.383 e. The number of aromatic nitrogens is 2. The normalized spacial score (nSPS) is 10.7. The minimum absolute atomic E-state index is 0.0709. The molecule has 1 aromatic carbocycles. The number of nitrogens with one attached hydrogen (secondary N) is 2. The molecule has 0 saturated heterocycles. The molecule has 1 heterocycles. The smallest absolute Gasteiger partial charge is 0.251 e. The molecule has 6 heteroatoms. The Balaban J connectivity index is 1.87. The minimum atomic E-state index is -0.0709. The average molecular weight is 316 g/mol. The SMILES string of the molecule is COCCNCCNC(=O)c1ccc(-n2nc(C)cc2C)cc1. The summed E-state index contributed by atoms with van der Waals surface area (Å²) in [5.74, 6) is -0.0709. The molecule has 2 N–H and O–H groups in total. The van der Waals surface area contributed by atoms with Gasteiger partial charge >= 0.3 is 0 Å². The van der Waals surface area contributed by atoms with E-state index >= 15 is 0 Å². The number of nitrogens with zero attached hydrogens (tertiary/aromatic N) is 2. The van der Waals surface area contributed by atoms with Gasteiger partial charge in [-0.2, -0.15) is 5.10 Å². The Hall–Kier alpha value is -2.18. The molecular formula is C17H24N4O2. The van der Waals surface area contributed by atoms with Gasteiger partial charge in [-0.05, 0) is 44.2 Å². The lowest BCUT2D eigenvalue weighted by Gasteiger charge is -2.08. The number of carbonyl (C=O) groups is 1. The van der Waals surface area contributed by atoms with Crippen LogP contribution in [-0.4, -0.2) is 49.0 Å². The number of methoxy groups -OCH3 is 1. The third-order valence-electron chi connectivity index (χ3n) is 3.45. The molecule has 1 amide bonds. The van der Waals surface area contributed by atoms with E-state index in [4.69, 9.17) is 4.74 Å². The van der Waals surface area contributed by atoms with E-state index < -0.39 is 0 Å². The summed E-state index contributed by atoms with van der Waals surface area (Å²) in [6.07, 6.45) is 0. The first-order chi connectivity index (χ1) is 11.1. The molecule has 0 aliphatic carbocycles. The molecule has 0 aliphatic heterocycles. The van der Waals surface area contributed by atoms with Gasteiger partial charge in [0.1, 0.15) is 0 Å². The van der Waals surface area contributed by atoms with Crippen LogP contribution in [-0.2, 0) is 4.74 Å². The fraction of sp³-hybridized carbons (Fsp3) is 0.412. The van der Waals surface area contributed by atoms with Crippen LogP contribution in [0.5, 0.6) is 0 Å². The van der Waals surface area contributed by atoms with Crippen molar-refractivity contribution in [1.29, 1.82) is 0 Å². The predicted octanol–water partition coefficient (Wildman–Crippen LogP) is 1.45. The summed E-state index contributed by atoms with van der Waals surface area (Å²) in [7, 11) is 1.67. The molecule has 6 nitrogen and oxygen atoms in total. The number of ether oxygens (including phenoxy) is 1. The minimum Gasteiger partial charge on any atom is -0.383 e. The van der Waals surface area contributed by atoms with E-state index in [-0.39, 0.29) is 5.91 Å². The van der Waals surface area contributed by atoms with E-state index in [1.807, 2.05) is 48.9 Å². The van der Waals surface area contributed by atoms with Crippen LogP contribution in [0.3, 0.4) is 0 Å².